The van der Waals surface area contributed by atoms with Gasteiger partial charge in [0.25, 0.3) is 11.8 Å². The van der Waals surface area contributed by atoms with Crippen LogP contribution in [0, 0.1) is 0 Å². The van der Waals surface area contributed by atoms with Crippen LogP contribution in [0.15, 0.2) is 65.8 Å². The van der Waals surface area contributed by atoms with Crippen molar-refractivity contribution in [2.24, 2.45) is 4.99 Å². The van der Waals surface area contributed by atoms with E-state index in [1.165, 1.54) is 0 Å². The molecule has 0 aliphatic carbocycles. The fraction of sp³-hybridized carbons (Fsp3) is 0.276. The number of aliphatic imine (C=N–C) groups is 1. The molecule has 2 aliphatic rings. The largest absolute Gasteiger partial charge is 0.492 e. The quantitative estimate of drug-likeness (QED) is 0.267. The SMILES string of the molecule is Nc1nc(N)c(C(=O)NC2=NCC3(CCN(C(=O)c4cccc5c4ccn5CCOc4ccccc4)CC3)N2)nc1Cl. The number of guanidine groups is 1. The van der Waals surface area contributed by atoms with Gasteiger partial charge in [-0.05, 0) is 43.2 Å². The van der Waals surface area contributed by atoms with E-state index in [4.69, 9.17) is 27.8 Å². The van der Waals surface area contributed by atoms with Crippen molar-refractivity contribution in [3.8, 4) is 5.75 Å². The number of carbonyl (C=O) groups is 2. The van der Waals surface area contributed by atoms with Crippen LogP contribution in [0.1, 0.15) is 33.7 Å². The van der Waals surface area contributed by atoms with Crippen LogP contribution >= 0.6 is 11.6 Å². The molecule has 2 amide bonds. The number of nitrogens with one attached hydrogen (secondary N) is 2. The molecule has 6 N–H and O–H groups in total. The summed E-state index contributed by atoms with van der Waals surface area (Å²) in [6, 6.07) is 17.5. The highest BCUT2D eigenvalue weighted by Crippen LogP contribution is 2.29. The Bertz CT molecular complexity index is 1680. The monoisotopic (exact) mass is 587 g/mol. The smallest absolute Gasteiger partial charge is 0.280 e. The van der Waals surface area contributed by atoms with Crippen LogP contribution in [-0.2, 0) is 6.54 Å². The van der Waals surface area contributed by atoms with Crippen LogP contribution in [0.3, 0.4) is 0 Å². The Balaban J connectivity index is 1.06. The molecule has 12 nitrogen and oxygen atoms in total. The number of piperidine rings is 1. The second kappa shape index (κ2) is 11.2. The molecule has 1 spiro atoms. The van der Waals surface area contributed by atoms with E-state index in [-0.39, 0.29) is 33.9 Å². The lowest BCUT2D eigenvalue weighted by Gasteiger charge is -2.39. The molecule has 1 saturated heterocycles. The van der Waals surface area contributed by atoms with E-state index in [1.807, 2.05) is 65.7 Å². The molecule has 0 saturated carbocycles. The highest BCUT2D eigenvalue weighted by atomic mass is 35.5. The summed E-state index contributed by atoms with van der Waals surface area (Å²) in [6.07, 6.45) is 3.34. The number of para-hydroxylation sites is 1. The molecule has 6 rings (SSSR count). The van der Waals surface area contributed by atoms with Crippen LogP contribution in [0.2, 0.25) is 5.15 Å². The van der Waals surface area contributed by atoms with Gasteiger partial charge in [-0.3, -0.25) is 19.9 Å². The number of rotatable bonds is 6. The van der Waals surface area contributed by atoms with Crippen molar-refractivity contribution in [1.29, 1.82) is 0 Å². The molecule has 4 aromatic rings. The number of nitrogen functional groups attached to an aromatic ring is 2. The summed E-state index contributed by atoms with van der Waals surface area (Å²) in [5.41, 5.74) is 12.6. The fourth-order valence-electron chi connectivity index (χ4n) is 5.38. The van der Waals surface area contributed by atoms with Crippen molar-refractivity contribution in [2.75, 3.05) is 37.7 Å². The van der Waals surface area contributed by atoms with Crippen LogP contribution in [0.25, 0.3) is 10.9 Å². The number of anilines is 2. The number of ether oxygens (including phenoxy) is 1. The summed E-state index contributed by atoms with van der Waals surface area (Å²) in [7, 11) is 0. The van der Waals surface area contributed by atoms with Gasteiger partial charge in [-0.2, -0.15) is 0 Å². The molecular formula is C29H30ClN9O3. The van der Waals surface area contributed by atoms with Crippen molar-refractivity contribution < 1.29 is 14.3 Å². The lowest BCUT2D eigenvalue weighted by Crippen LogP contribution is -2.57. The minimum absolute atomic E-state index is 0.00421. The first-order valence-corrected chi connectivity index (χ1v) is 14.0. The van der Waals surface area contributed by atoms with Crippen molar-refractivity contribution in [3.05, 3.63) is 77.2 Å². The molecule has 1 fully saturated rings. The first-order chi connectivity index (χ1) is 20.3. The first-order valence-electron chi connectivity index (χ1n) is 13.6. The average molecular weight is 588 g/mol. The number of hydrogen-bond donors (Lipinski definition) is 4. The Morgan fingerprint density at radius 1 is 1.02 bits per heavy atom. The Morgan fingerprint density at radius 2 is 1.81 bits per heavy atom. The minimum atomic E-state index is -0.593. The molecule has 42 heavy (non-hydrogen) atoms. The van der Waals surface area contributed by atoms with Gasteiger partial charge in [0.2, 0.25) is 0 Å². The van der Waals surface area contributed by atoms with E-state index in [0.29, 0.717) is 57.2 Å². The van der Waals surface area contributed by atoms with Gasteiger partial charge in [0.15, 0.2) is 28.4 Å². The summed E-state index contributed by atoms with van der Waals surface area (Å²) in [5, 5.41) is 6.83. The number of hydrogen-bond acceptors (Lipinski definition) is 9. The van der Waals surface area contributed by atoms with Crippen LogP contribution < -0.4 is 26.8 Å². The van der Waals surface area contributed by atoms with Gasteiger partial charge in [0.05, 0.1) is 18.6 Å². The number of benzene rings is 2. The number of likely N-dealkylation sites (tertiary alicyclic amines) is 1. The average Bonchev–Trinajstić information content (AvgIpc) is 3.59. The zero-order valence-corrected chi connectivity index (χ0v) is 23.5. The third kappa shape index (κ3) is 5.40. The lowest BCUT2D eigenvalue weighted by atomic mass is 9.88. The molecule has 4 heterocycles. The van der Waals surface area contributed by atoms with Crippen molar-refractivity contribution in [3.63, 3.8) is 0 Å². The lowest BCUT2D eigenvalue weighted by molar-refractivity contribution is 0.0670. The Hall–Kier alpha value is -4.84. The van der Waals surface area contributed by atoms with Crippen molar-refractivity contribution >= 4 is 51.9 Å². The van der Waals surface area contributed by atoms with Crippen LogP contribution in [0.5, 0.6) is 5.75 Å². The van der Waals surface area contributed by atoms with Gasteiger partial charge >= 0.3 is 0 Å². The number of nitrogens with two attached hydrogens (primary N) is 2. The Morgan fingerprint density at radius 3 is 2.60 bits per heavy atom. The number of carbonyl (C=O) groups excluding carboxylic acids is 2. The van der Waals surface area contributed by atoms with Gasteiger partial charge in [0.1, 0.15) is 12.4 Å². The van der Waals surface area contributed by atoms with E-state index >= 15 is 0 Å². The maximum Gasteiger partial charge on any atom is 0.280 e. The molecule has 0 bridgehead atoms. The molecular weight excluding hydrogens is 558 g/mol. The second-order valence-electron chi connectivity index (χ2n) is 10.4. The van der Waals surface area contributed by atoms with Crippen LogP contribution in [0.4, 0.5) is 11.6 Å². The molecule has 13 heteroatoms. The Kier molecular flexibility index (Phi) is 7.29. The summed E-state index contributed by atoms with van der Waals surface area (Å²) < 4.78 is 7.96. The van der Waals surface area contributed by atoms with E-state index < -0.39 is 5.91 Å². The first kappa shape index (κ1) is 27.3. The standard InChI is InChI=1S/C29H30ClN9O3/c30-23-25(32)35-24(31)22(34-23)26(40)36-28-33-17-29(37-28)10-13-39(14-11-29)27(41)20-7-4-8-21-19(20)9-12-38(21)15-16-42-18-5-2-1-3-6-18/h1-9,12H,10-11,13-17H2,(H4,31,32,35)(H2,33,36,37,40). The highest BCUT2D eigenvalue weighted by Gasteiger charge is 2.40. The number of amides is 2. The Labute approximate surface area is 246 Å². The van der Waals surface area contributed by atoms with E-state index in [0.717, 1.165) is 16.7 Å². The third-order valence-electron chi connectivity index (χ3n) is 7.67. The number of halogens is 1. The summed E-state index contributed by atoms with van der Waals surface area (Å²) in [4.78, 5) is 40.5. The summed E-state index contributed by atoms with van der Waals surface area (Å²) >= 11 is 5.90. The predicted molar refractivity (Wildman–Crippen MR) is 161 cm³/mol. The maximum absolute atomic E-state index is 13.6. The third-order valence-corrected chi connectivity index (χ3v) is 7.95. The number of fused-ring (bicyclic) bond motifs is 1. The number of aromatic nitrogens is 3. The molecule has 0 radical (unpaired) electrons. The van der Waals surface area contributed by atoms with E-state index in [2.05, 4.69) is 30.2 Å². The molecule has 0 atom stereocenters. The van der Waals surface area contributed by atoms with Gasteiger partial charge in [-0.25, -0.2) is 9.97 Å². The molecule has 0 unspecified atom stereocenters. The second-order valence-corrected chi connectivity index (χ2v) is 10.7. The normalized spacial score (nSPS) is 15.8. The molecule has 216 valence electrons. The van der Waals surface area contributed by atoms with Gasteiger partial charge < -0.3 is 31.0 Å². The maximum atomic E-state index is 13.6. The van der Waals surface area contributed by atoms with Gasteiger partial charge in [-0.1, -0.05) is 35.9 Å². The van der Waals surface area contributed by atoms with Gasteiger partial charge in [0, 0.05) is 35.8 Å². The van der Waals surface area contributed by atoms with Crippen molar-refractivity contribution in [2.45, 2.75) is 24.9 Å². The van der Waals surface area contributed by atoms with E-state index in [9.17, 15) is 9.59 Å². The molecule has 2 aromatic heterocycles. The fourth-order valence-corrected chi connectivity index (χ4v) is 5.51. The zero-order valence-electron chi connectivity index (χ0n) is 22.7. The molecule has 2 aromatic carbocycles. The predicted octanol–water partition coefficient (Wildman–Crippen LogP) is 2.69. The summed E-state index contributed by atoms with van der Waals surface area (Å²) in [6.45, 7) is 2.76. The van der Waals surface area contributed by atoms with E-state index in [1.54, 1.807) is 0 Å². The van der Waals surface area contributed by atoms with Gasteiger partial charge in [-0.15, -0.1) is 0 Å². The number of nitrogens with zero attached hydrogens (tertiary/aromatic N) is 5. The zero-order chi connectivity index (χ0) is 29.3. The highest BCUT2D eigenvalue weighted by molar-refractivity contribution is 6.31. The summed E-state index contributed by atoms with van der Waals surface area (Å²) in [5.74, 6) is 0.372. The topological polar surface area (TPSA) is 166 Å². The van der Waals surface area contributed by atoms with Crippen LogP contribution in [-0.4, -0.2) is 69.0 Å². The minimum Gasteiger partial charge on any atom is -0.492 e. The van der Waals surface area contributed by atoms with Crippen molar-refractivity contribution in [1.82, 2.24) is 30.1 Å². The molecule has 2 aliphatic heterocycles.